The number of likely N-dealkylation sites (tertiary alicyclic amines) is 1. The Balaban J connectivity index is 2.19. The topological polar surface area (TPSA) is 66.6 Å². The number of aryl methyl sites for hydroxylation is 2. The number of benzene rings is 1. The Hall–Kier alpha value is -1.55. The average Bonchev–Trinajstić information content (AvgIpc) is 2.29. The Morgan fingerprint density at radius 1 is 1.39 bits per heavy atom. The maximum absolute atomic E-state index is 12.3. The number of carbonyl (C=O) groups excluding carboxylic acids is 1. The van der Waals surface area contributed by atoms with E-state index in [-0.39, 0.29) is 5.91 Å². The Bertz CT molecular complexity index is 491. The normalized spacial score (nSPS) is 17.4. The van der Waals surface area contributed by atoms with Crippen molar-refractivity contribution in [3.05, 3.63) is 28.8 Å². The zero-order valence-corrected chi connectivity index (χ0v) is 11.2. The van der Waals surface area contributed by atoms with Crippen LogP contribution in [0.25, 0.3) is 0 Å². The van der Waals surface area contributed by atoms with Crippen LogP contribution in [0, 0.1) is 13.8 Å². The Kier molecular flexibility index (Phi) is 3.07. The lowest BCUT2D eigenvalue weighted by Gasteiger charge is -2.46. The van der Waals surface area contributed by atoms with Crippen molar-refractivity contribution in [1.82, 2.24) is 4.90 Å². The summed E-state index contributed by atoms with van der Waals surface area (Å²) in [5.74, 6) is -0.0441. The van der Waals surface area contributed by atoms with Gasteiger partial charge >= 0.3 is 0 Å². The molecule has 1 aromatic carbocycles. The van der Waals surface area contributed by atoms with Crippen molar-refractivity contribution in [1.29, 1.82) is 0 Å². The highest BCUT2D eigenvalue weighted by Crippen LogP contribution is 2.27. The Labute approximate surface area is 107 Å². The van der Waals surface area contributed by atoms with E-state index in [1.54, 1.807) is 11.0 Å². The molecule has 98 valence electrons. The molecular formula is C14H20N2O2. The predicted octanol–water partition coefficient (Wildman–Crippen LogP) is 1.48. The van der Waals surface area contributed by atoms with Crippen molar-refractivity contribution in [3.8, 4) is 0 Å². The van der Waals surface area contributed by atoms with Gasteiger partial charge in [0.1, 0.15) is 0 Å². The van der Waals surface area contributed by atoms with Crippen LogP contribution < -0.4 is 5.73 Å². The molecule has 0 aromatic heterocycles. The third kappa shape index (κ3) is 2.08. The van der Waals surface area contributed by atoms with Crippen molar-refractivity contribution < 1.29 is 9.90 Å². The third-order valence-electron chi connectivity index (χ3n) is 3.76. The Morgan fingerprint density at radius 2 is 2.00 bits per heavy atom. The maximum atomic E-state index is 12.3. The molecule has 0 spiro atoms. The maximum Gasteiger partial charge on any atom is 0.254 e. The number of aliphatic hydroxyl groups is 1. The van der Waals surface area contributed by atoms with Crippen LogP contribution in [-0.4, -0.2) is 34.6 Å². The second kappa shape index (κ2) is 4.28. The number of hydrogen-bond donors (Lipinski definition) is 2. The van der Waals surface area contributed by atoms with Crippen LogP contribution in [0.15, 0.2) is 12.1 Å². The van der Waals surface area contributed by atoms with E-state index in [2.05, 4.69) is 0 Å². The average molecular weight is 248 g/mol. The molecule has 4 heteroatoms. The number of nitrogens with zero attached hydrogens (tertiary/aromatic N) is 1. The van der Waals surface area contributed by atoms with Gasteiger partial charge in [-0.05, 0) is 37.5 Å². The molecule has 0 unspecified atom stereocenters. The van der Waals surface area contributed by atoms with Gasteiger partial charge in [0.05, 0.1) is 18.7 Å². The molecule has 0 bridgehead atoms. The number of nitrogens with two attached hydrogens (primary N) is 1. The van der Waals surface area contributed by atoms with E-state index in [0.29, 0.717) is 30.8 Å². The van der Waals surface area contributed by atoms with Gasteiger partial charge in [-0.15, -0.1) is 0 Å². The molecule has 2 rings (SSSR count). The largest absolute Gasteiger partial charge is 0.398 e. The molecule has 1 saturated heterocycles. The van der Waals surface area contributed by atoms with Crippen LogP contribution in [-0.2, 0) is 0 Å². The van der Waals surface area contributed by atoms with Crippen molar-refractivity contribution in [2.24, 2.45) is 0 Å². The molecule has 0 aliphatic carbocycles. The van der Waals surface area contributed by atoms with E-state index in [1.807, 2.05) is 26.8 Å². The number of rotatable bonds is 2. The summed E-state index contributed by atoms with van der Waals surface area (Å²) in [6.07, 6.45) is 0.672. The predicted molar refractivity (Wildman–Crippen MR) is 71.5 cm³/mol. The van der Waals surface area contributed by atoms with E-state index in [0.717, 1.165) is 11.1 Å². The van der Waals surface area contributed by atoms with Crippen LogP contribution >= 0.6 is 0 Å². The summed E-state index contributed by atoms with van der Waals surface area (Å²) in [6, 6.07) is 3.66. The zero-order valence-electron chi connectivity index (χ0n) is 11.2. The summed E-state index contributed by atoms with van der Waals surface area (Å²) in [4.78, 5) is 13.9. The fourth-order valence-corrected chi connectivity index (χ4v) is 2.30. The number of carbonyl (C=O) groups is 1. The monoisotopic (exact) mass is 248 g/mol. The molecule has 18 heavy (non-hydrogen) atoms. The number of hydrogen-bond acceptors (Lipinski definition) is 3. The van der Waals surface area contributed by atoms with Crippen LogP contribution in [0.1, 0.15) is 34.8 Å². The first kappa shape index (κ1) is 12.9. The van der Waals surface area contributed by atoms with E-state index in [9.17, 15) is 9.90 Å². The van der Waals surface area contributed by atoms with Crippen LogP contribution in [0.4, 0.5) is 5.69 Å². The van der Waals surface area contributed by atoms with Crippen LogP contribution in [0.3, 0.4) is 0 Å². The zero-order chi connectivity index (χ0) is 13.5. The third-order valence-corrected chi connectivity index (χ3v) is 3.76. The van der Waals surface area contributed by atoms with Crippen molar-refractivity contribution in [2.45, 2.75) is 32.8 Å². The lowest BCUT2D eigenvalue weighted by Crippen LogP contribution is -2.63. The standard InChI is InChI=1S/C14H20N2O2/c1-4-14(18)7-16(8-14)13(17)11-6-12(15)10(3)5-9(11)2/h5-6,18H,4,7-8,15H2,1-3H3. The highest BCUT2D eigenvalue weighted by atomic mass is 16.3. The highest BCUT2D eigenvalue weighted by Gasteiger charge is 2.42. The van der Waals surface area contributed by atoms with E-state index >= 15 is 0 Å². The smallest absolute Gasteiger partial charge is 0.254 e. The molecule has 3 N–H and O–H groups in total. The molecular weight excluding hydrogens is 228 g/mol. The van der Waals surface area contributed by atoms with Crippen molar-refractivity contribution in [3.63, 3.8) is 0 Å². The van der Waals surface area contributed by atoms with Gasteiger partial charge < -0.3 is 15.7 Å². The van der Waals surface area contributed by atoms with Crippen molar-refractivity contribution >= 4 is 11.6 Å². The SMILES string of the molecule is CCC1(O)CN(C(=O)c2cc(N)c(C)cc2C)C1. The summed E-state index contributed by atoms with van der Waals surface area (Å²) in [7, 11) is 0. The minimum atomic E-state index is -0.695. The molecule has 1 fully saturated rings. The minimum absolute atomic E-state index is 0.0441. The van der Waals surface area contributed by atoms with Crippen molar-refractivity contribution in [2.75, 3.05) is 18.8 Å². The molecule has 4 nitrogen and oxygen atoms in total. The second-order valence-electron chi connectivity index (χ2n) is 5.26. The number of anilines is 1. The highest BCUT2D eigenvalue weighted by molar-refractivity contribution is 5.97. The fraction of sp³-hybridized carbons (Fsp3) is 0.500. The van der Waals surface area contributed by atoms with Gasteiger partial charge in [-0.1, -0.05) is 13.0 Å². The van der Waals surface area contributed by atoms with E-state index in [1.165, 1.54) is 0 Å². The van der Waals surface area contributed by atoms with Gasteiger partial charge in [0, 0.05) is 11.3 Å². The number of amides is 1. The molecule has 1 heterocycles. The Morgan fingerprint density at radius 3 is 2.56 bits per heavy atom. The molecule has 1 aliphatic rings. The molecule has 0 radical (unpaired) electrons. The lowest BCUT2D eigenvalue weighted by atomic mass is 9.90. The first-order valence-corrected chi connectivity index (χ1v) is 6.24. The lowest BCUT2D eigenvalue weighted by molar-refractivity contribution is -0.0826. The molecule has 1 amide bonds. The van der Waals surface area contributed by atoms with E-state index in [4.69, 9.17) is 5.73 Å². The first-order chi connectivity index (χ1) is 8.36. The summed E-state index contributed by atoms with van der Waals surface area (Å²) in [5.41, 5.74) is 8.33. The fourth-order valence-electron chi connectivity index (χ4n) is 2.30. The summed E-state index contributed by atoms with van der Waals surface area (Å²) < 4.78 is 0. The summed E-state index contributed by atoms with van der Waals surface area (Å²) >= 11 is 0. The molecule has 1 aromatic rings. The summed E-state index contributed by atoms with van der Waals surface area (Å²) in [5, 5.41) is 9.93. The van der Waals surface area contributed by atoms with Gasteiger partial charge in [-0.25, -0.2) is 0 Å². The van der Waals surface area contributed by atoms with Crippen LogP contribution in [0.2, 0.25) is 0 Å². The van der Waals surface area contributed by atoms with Gasteiger partial charge in [0.2, 0.25) is 0 Å². The van der Waals surface area contributed by atoms with Crippen LogP contribution in [0.5, 0.6) is 0 Å². The summed E-state index contributed by atoms with van der Waals surface area (Å²) in [6.45, 7) is 6.59. The van der Waals surface area contributed by atoms with E-state index < -0.39 is 5.60 Å². The van der Waals surface area contributed by atoms with Gasteiger partial charge in [-0.3, -0.25) is 4.79 Å². The van der Waals surface area contributed by atoms with Gasteiger partial charge in [-0.2, -0.15) is 0 Å². The van der Waals surface area contributed by atoms with Gasteiger partial charge in [0.25, 0.3) is 5.91 Å². The molecule has 0 atom stereocenters. The van der Waals surface area contributed by atoms with Gasteiger partial charge in [0.15, 0.2) is 0 Å². The molecule has 0 saturated carbocycles. The number of β-amino-alcohol motifs (C(OH)–C–C–N with tert-alkyl or cyclic N) is 1. The quantitative estimate of drug-likeness (QED) is 0.779. The number of nitrogen functional groups attached to an aromatic ring is 1. The molecule has 1 aliphatic heterocycles. The first-order valence-electron chi connectivity index (χ1n) is 6.24. The second-order valence-corrected chi connectivity index (χ2v) is 5.26. The minimum Gasteiger partial charge on any atom is -0.398 e.